The quantitative estimate of drug-likeness (QED) is 0.841. The van der Waals surface area contributed by atoms with Crippen LogP contribution in [0.1, 0.15) is 28.5 Å². The van der Waals surface area contributed by atoms with Crippen LogP contribution in [-0.2, 0) is 9.84 Å². The molecule has 1 aliphatic heterocycles. The molecule has 1 fully saturated rings. The van der Waals surface area contributed by atoms with Gasteiger partial charge in [-0.2, -0.15) is 5.10 Å². The van der Waals surface area contributed by atoms with Crippen molar-refractivity contribution in [2.45, 2.75) is 19.4 Å². The number of carbonyl (C=O) groups is 1. The van der Waals surface area contributed by atoms with E-state index in [2.05, 4.69) is 15.4 Å². The van der Waals surface area contributed by atoms with Crippen LogP contribution in [0, 0.1) is 6.92 Å². The van der Waals surface area contributed by atoms with E-state index >= 15 is 0 Å². The van der Waals surface area contributed by atoms with Crippen molar-refractivity contribution in [3.8, 4) is 0 Å². The molecule has 1 saturated heterocycles. The van der Waals surface area contributed by atoms with Gasteiger partial charge in [-0.3, -0.25) is 9.59 Å². The number of amides is 1. The van der Waals surface area contributed by atoms with Gasteiger partial charge < -0.3 is 10.3 Å². The summed E-state index contributed by atoms with van der Waals surface area (Å²) >= 11 is 5.87. The van der Waals surface area contributed by atoms with Gasteiger partial charge in [0.25, 0.3) is 5.91 Å². The predicted molar refractivity (Wildman–Crippen MR) is 89.3 cm³/mol. The number of anilines is 1. The topological polar surface area (TPSA) is 114 Å². The number of pyridine rings is 1. The molecule has 8 nitrogen and oxygen atoms in total. The number of carbonyl (C=O) groups excluding carboxylic acids is 1. The molecule has 0 unspecified atom stereocenters. The summed E-state index contributed by atoms with van der Waals surface area (Å²) in [7, 11) is -3.08. The van der Waals surface area contributed by atoms with E-state index in [4.69, 9.17) is 11.6 Å². The molecular weight excluding hydrogens is 356 g/mol. The lowest BCUT2D eigenvalue weighted by atomic mass is 10.2. The van der Waals surface area contributed by atoms with Crippen LogP contribution in [0.15, 0.2) is 23.3 Å². The SMILES string of the molecule is Cc1[nH]cc(C(=O)Nc2ccnn2[C@H]2CCS(=O)(=O)C2)c(=O)c1Cl. The van der Waals surface area contributed by atoms with Crippen LogP contribution in [0.5, 0.6) is 0 Å². The predicted octanol–water partition coefficient (Wildman–Crippen LogP) is 1.15. The Balaban J connectivity index is 1.86. The van der Waals surface area contributed by atoms with E-state index in [0.717, 1.165) is 0 Å². The lowest BCUT2D eigenvalue weighted by Gasteiger charge is -2.13. The van der Waals surface area contributed by atoms with Crippen LogP contribution in [0.2, 0.25) is 5.02 Å². The third-order valence-corrected chi connectivity index (χ3v) is 6.12. The summed E-state index contributed by atoms with van der Waals surface area (Å²) < 4.78 is 24.7. The van der Waals surface area contributed by atoms with Crippen LogP contribution >= 0.6 is 11.6 Å². The summed E-state index contributed by atoms with van der Waals surface area (Å²) in [5.41, 5.74) is -0.225. The summed E-state index contributed by atoms with van der Waals surface area (Å²) in [4.78, 5) is 27.2. The second-order valence-corrected chi connectivity index (χ2v) is 8.25. The third kappa shape index (κ3) is 3.09. The van der Waals surface area contributed by atoms with Crippen LogP contribution < -0.4 is 10.7 Å². The molecule has 3 heterocycles. The zero-order valence-electron chi connectivity index (χ0n) is 12.7. The Labute approximate surface area is 142 Å². The highest BCUT2D eigenvalue weighted by Gasteiger charge is 2.31. The Morgan fingerprint density at radius 2 is 2.25 bits per heavy atom. The lowest BCUT2D eigenvalue weighted by molar-refractivity contribution is 0.102. The van der Waals surface area contributed by atoms with Gasteiger partial charge in [-0.05, 0) is 13.3 Å². The molecule has 0 aliphatic carbocycles. The highest BCUT2D eigenvalue weighted by molar-refractivity contribution is 7.91. The molecule has 2 N–H and O–H groups in total. The molecule has 0 spiro atoms. The second kappa shape index (κ2) is 6.06. The molecular formula is C14H15ClN4O4S. The fourth-order valence-electron chi connectivity index (χ4n) is 2.62. The van der Waals surface area contributed by atoms with Crippen molar-refractivity contribution in [1.29, 1.82) is 0 Å². The first kappa shape index (κ1) is 16.7. The van der Waals surface area contributed by atoms with E-state index in [1.54, 1.807) is 13.0 Å². The molecule has 0 radical (unpaired) electrons. The number of aryl methyl sites for hydroxylation is 1. The number of H-pyrrole nitrogens is 1. The monoisotopic (exact) mass is 370 g/mol. The van der Waals surface area contributed by atoms with Crippen molar-refractivity contribution >= 4 is 33.2 Å². The van der Waals surface area contributed by atoms with Gasteiger partial charge in [0.15, 0.2) is 9.84 Å². The summed E-state index contributed by atoms with van der Waals surface area (Å²) in [6.45, 7) is 1.63. The van der Waals surface area contributed by atoms with Crippen molar-refractivity contribution in [2.24, 2.45) is 0 Å². The maximum Gasteiger partial charge on any atom is 0.262 e. The molecule has 24 heavy (non-hydrogen) atoms. The van der Waals surface area contributed by atoms with Crippen molar-refractivity contribution < 1.29 is 13.2 Å². The van der Waals surface area contributed by atoms with Gasteiger partial charge in [-0.25, -0.2) is 13.1 Å². The first-order chi connectivity index (χ1) is 11.3. The number of aromatic amines is 1. The number of hydrogen-bond donors (Lipinski definition) is 2. The fraction of sp³-hybridized carbons (Fsp3) is 0.357. The fourth-order valence-corrected chi connectivity index (χ4v) is 4.47. The van der Waals surface area contributed by atoms with Gasteiger partial charge in [0.2, 0.25) is 5.43 Å². The number of nitrogens with zero attached hydrogens (tertiary/aromatic N) is 2. The second-order valence-electron chi connectivity index (χ2n) is 5.64. The molecule has 0 saturated carbocycles. The van der Waals surface area contributed by atoms with Crippen LogP contribution in [0.3, 0.4) is 0 Å². The molecule has 2 aromatic rings. The molecule has 1 aliphatic rings. The van der Waals surface area contributed by atoms with E-state index in [1.165, 1.54) is 17.1 Å². The van der Waals surface area contributed by atoms with E-state index < -0.39 is 21.2 Å². The lowest BCUT2D eigenvalue weighted by Crippen LogP contribution is -2.25. The van der Waals surface area contributed by atoms with Crippen molar-refractivity contribution in [2.75, 3.05) is 16.8 Å². The zero-order valence-corrected chi connectivity index (χ0v) is 14.3. The van der Waals surface area contributed by atoms with Crippen LogP contribution in [0.25, 0.3) is 0 Å². The number of hydrogen-bond acceptors (Lipinski definition) is 5. The van der Waals surface area contributed by atoms with E-state index in [9.17, 15) is 18.0 Å². The number of halogens is 1. The third-order valence-electron chi connectivity index (χ3n) is 3.92. The average Bonchev–Trinajstić information content (AvgIpc) is 3.10. The molecule has 3 rings (SSSR count). The Morgan fingerprint density at radius 3 is 2.92 bits per heavy atom. The summed E-state index contributed by atoms with van der Waals surface area (Å²) in [6, 6.07) is 1.22. The summed E-state index contributed by atoms with van der Waals surface area (Å²) in [5.74, 6) is -0.230. The summed E-state index contributed by atoms with van der Waals surface area (Å²) in [6.07, 6.45) is 3.19. The maximum absolute atomic E-state index is 12.3. The van der Waals surface area contributed by atoms with Gasteiger partial charge in [0, 0.05) is 18.0 Å². The minimum absolute atomic E-state index is 0.0194. The largest absolute Gasteiger partial charge is 0.363 e. The van der Waals surface area contributed by atoms with Crippen LogP contribution in [-0.4, -0.2) is 40.6 Å². The van der Waals surface area contributed by atoms with Crippen molar-refractivity contribution in [3.63, 3.8) is 0 Å². The highest BCUT2D eigenvalue weighted by atomic mass is 35.5. The van der Waals surface area contributed by atoms with E-state index in [0.29, 0.717) is 17.9 Å². The van der Waals surface area contributed by atoms with Gasteiger partial charge in [-0.15, -0.1) is 0 Å². The van der Waals surface area contributed by atoms with Gasteiger partial charge in [0.1, 0.15) is 16.4 Å². The standard InChI is InChI=1S/C14H15ClN4O4S/c1-8-12(15)13(20)10(6-16-8)14(21)18-11-2-4-17-19(11)9-3-5-24(22,23)7-9/h2,4,6,9H,3,5,7H2,1H3,(H,16,20)(H,18,21)/t9-/m0/s1. The van der Waals surface area contributed by atoms with Crippen LogP contribution in [0.4, 0.5) is 5.82 Å². The zero-order chi connectivity index (χ0) is 17.5. The van der Waals surface area contributed by atoms with Crippen molar-refractivity contribution in [1.82, 2.24) is 14.8 Å². The molecule has 1 amide bonds. The number of aromatic nitrogens is 3. The number of nitrogens with one attached hydrogen (secondary N) is 2. The van der Waals surface area contributed by atoms with E-state index in [1.807, 2.05) is 0 Å². The molecule has 2 aromatic heterocycles. The Bertz CT molecular complexity index is 963. The molecule has 0 aromatic carbocycles. The highest BCUT2D eigenvalue weighted by Crippen LogP contribution is 2.26. The minimum atomic E-state index is -3.08. The molecule has 128 valence electrons. The summed E-state index contributed by atoms with van der Waals surface area (Å²) in [5, 5.41) is 6.63. The minimum Gasteiger partial charge on any atom is -0.363 e. The van der Waals surface area contributed by atoms with Crippen molar-refractivity contribution in [3.05, 3.63) is 45.0 Å². The molecule has 1 atom stereocenters. The Morgan fingerprint density at radius 1 is 1.50 bits per heavy atom. The Hall–Kier alpha value is -2.13. The molecule has 10 heteroatoms. The van der Waals surface area contributed by atoms with Gasteiger partial charge >= 0.3 is 0 Å². The van der Waals surface area contributed by atoms with Gasteiger partial charge in [-0.1, -0.05) is 11.6 Å². The molecule has 0 bridgehead atoms. The number of rotatable bonds is 3. The maximum atomic E-state index is 12.3. The first-order valence-corrected chi connectivity index (χ1v) is 9.41. The Kier molecular flexibility index (Phi) is 4.22. The normalized spacial score (nSPS) is 19.3. The first-order valence-electron chi connectivity index (χ1n) is 7.21. The smallest absolute Gasteiger partial charge is 0.262 e. The number of sulfone groups is 1. The average molecular weight is 371 g/mol. The van der Waals surface area contributed by atoms with E-state index in [-0.39, 0.29) is 28.1 Å². The van der Waals surface area contributed by atoms with Gasteiger partial charge in [0.05, 0.1) is 23.7 Å².